The standard InChI is InChI=1S/C19H17N2S.CH4O4S/c1-20-15(12-11-14-7-3-4-8-16(14)20)13-19-21(2)17-9-5-6-10-18(17)22-19;1-5-6(2,3)4/h3-13H,1-2H3;1H3,(H,2,3,4)/q+1;/p-1. The molecule has 8 heteroatoms. The van der Waals surface area contributed by atoms with Gasteiger partial charge >= 0.3 is 0 Å². The fraction of sp³-hybridized carbons (Fsp3) is 0.150. The molecule has 4 rings (SSSR count). The number of benzene rings is 2. The van der Waals surface area contributed by atoms with Gasteiger partial charge in [-0.05, 0) is 24.3 Å². The average Bonchev–Trinajstić information content (AvgIpc) is 3.00. The predicted molar refractivity (Wildman–Crippen MR) is 111 cm³/mol. The average molecular weight is 417 g/mol. The largest absolute Gasteiger partial charge is 0.726 e. The first-order valence-corrected chi connectivity index (χ1v) is 10.6. The lowest BCUT2D eigenvalue weighted by Gasteiger charge is -2.12. The number of para-hydroxylation sites is 2. The van der Waals surface area contributed by atoms with Gasteiger partial charge in [0.2, 0.25) is 21.6 Å². The number of hydrogen-bond donors (Lipinski definition) is 0. The van der Waals surface area contributed by atoms with Crippen molar-refractivity contribution >= 4 is 44.8 Å². The van der Waals surface area contributed by atoms with Crippen molar-refractivity contribution in [1.82, 2.24) is 0 Å². The third-order valence-electron chi connectivity index (χ3n) is 4.37. The highest BCUT2D eigenvalue weighted by Crippen LogP contribution is 2.45. The first-order valence-electron chi connectivity index (χ1n) is 8.41. The molecule has 2 aromatic carbocycles. The summed E-state index contributed by atoms with van der Waals surface area (Å²) >= 11 is 1.83. The van der Waals surface area contributed by atoms with Crippen LogP contribution < -0.4 is 9.47 Å². The van der Waals surface area contributed by atoms with Crippen molar-refractivity contribution in [2.45, 2.75) is 4.90 Å². The minimum atomic E-state index is -4.41. The maximum atomic E-state index is 9.22. The van der Waals surface area contributed by atoms with Gasteiger partial charge in [0.15, 0.2) is 0 Å². The molecule has 1 aliphatic rings. The topological polar surface area (TPSA) is 73.5 Å². The summed E-state index contributed by atoms with van der Waals surface area (Å²) in [7, 11) is 0.653. The van der Waals surface area contributed by atoms with Crippen molar-refractivity contribution in [1.29, 1.82) is 0 Å². The van der Waals surface area contributed by atoms with Crippen LogP contribution in [0.2, 0.25) is 0 Å². The van der Waals surface area contributed by atoms with Crippen molar-refractivity contribution < 1.29 is 21.7 Å². The second-order valence-electron chi connectivity index (χ2n) is 6.06. The van der Waals surface area contributed by atoms with Crippen LogP contribution in [0.4, 0.5) is 5.69 Å². The molecule has 0 saturated heterocycles. The molecule has 6 nitrogen and oxygen atoms in total. The van der Waals surface area contributed by atoms with Crippen molar-refractivity contribution in [3.05, 3.63) is 71.4 Å². The van der Waals surface area contributed by atoms with Crippen LogP contribution >= 0.6 is 11.8 Å². The third kappa shape index (κ3) is 4.53. The minimum absolute atomic E-state index is 0.808. The molecule has 0 fully saturated rings. The monoisotopic (exact) mass is 416 g/mol. The molecule has 0 amide bonds. The van der Waals surface area contributed by atoms with Crippen molar-refractivity contribution in [2.24, 2.45) is 7.05 Å². The highest BCUT2D eigenvalue weighted by molar-refractivity contribution is 8.03. The van der Waals surface area contributed by atoms with E-state index in [1.54, 1.807) is 0 Å². The molecule has 0 saturated carbocycles. The molecule has 0 atom stereocenters. The van der Waals surface area contributed by atoms with Gasteiger partial charge in [-0.2, -0.15) is 4.57 Å². The van der Waals surface area contributed by atoms with Crippen molar-refractivity contribution in [3.8, 4) is 0 Å². The second kappa shape index (κ2) is 8.32. The zero-order valence-electron chi connectivity index (χ0n) is 15.7. The summed E-state index contributed by atoms with van der Waals surface area (Å²) in [6, 6.07) is 21.4. The molecule has 2 heterocycles. The molecular formula is C20H20N2O4S2. The van der Waals surface area contributed by atoms with Crippen LogP contribution in [-0.2, 0) is 21.6 Å². The SMILES string of the molecule is CN1/C(=C/c2ccc3ccccc3[n+]2C)Sc2ccccc21.COS(=O)(=O)[O-]. The van der Waals surface area contributed by atoms with Gasteiger partial charge in [0, 0.05) is 35.5 Å². The van der Waals surface area contributed by atoms with E-state index in [1.807, 2.05) is 11.8 Å². The first-order chi connectivity index (χ1) is 13.3. The predicted octanol–water partition coefficient (Wildman–Crippen LogP) is 3.30. The van der Waals surface area contributed by atoms with Crippen LogP contribution in [0.1, 0.15) is 5.69 Å². The highest BCUT2D eigenvalue weighted by Gasteiger charge is 2.22. The summed E-state index contributed by atoms with van der Waals surface area (Å²) < 4.78 is 33.3. The lowest BCUT2D eigenvalue weighted by atomic mass is 10.2. The summed E-state index contributed by atoms with van der Waals surface area (Å²) in [6.07, 6.45) is 2.26. The Bertz CT molecular complexity index is 1140. The molecule has 3 aromatic rings. The molecule has 0 aliphatic carbocycles. The summed E-state index contributed by atoms with van der Waals surface area (Å²) in [5, 5.41) is 2.52. The maximum Gasteiger partial charge on any atom is 0.217 e. The Balaban J connectivity index is 0.000000330. The Hall–Kier alpha value is -2.39. The van der Waals surface area contributed by atoms with Crippen LogP contribution in [0.3, 0.4) is 0 Å². The number of rotatable bonds is 2. The molecule has 0 radical (unpaired) electrons. The number of fused-ring (bicyclic) bond motifs is 2. The van der Waals surface area contributed by atoms with E-state index in [-0.39, 0.29) is 0 Å². The Morgan fingerprint density at radius 2 is 1.71 bits per heavy atom. The van der Waals surface area contributed by atoms with E-state index >= 15 is 0 Å². The van der Waals surface area contributed by atoms with Gasteiger partial charge in [-0.25, -0.2) is 8.42 Å². The zero-order chi connectivity index (χ0) is 20.3. The van der Waals surface area contributed by atoms with Crippen LogP contribution in [0.15, 0.2) is 70.6 Å². The second-order valence-corrected chi connectivity index (χ2v) is 8.27. The number of nitrogens with zero attached hydrogens (tertiary/aromatic N) is 2. The van der Waals surface area contributed by atoms with Crippen molar-refractivity contribution in [2.75, 3.05) is 19.1 Å². The van der Waals surface area contributed by atoms with E-state index in [4.69, 9.17) is 0 Å². The van der Waals surface area contributed by atoms with Gasteiger partial charge in [0.1, 0.15) is 7.05 Å². The lowest BCUT2D eigenvalue weighted by Crippen LogP contribution is -2.32. The molecule has 1 aliphatic heterocycles. The molecular weight excluding hydrogens is 396 g/mol. The molecule has 0 unspecified atom stereocenters. The van der Waals surface area contributed by atoms with Crippen LogP contribution in [0.25, 0.3) is 17.0 Å². The number of anilines is 1. The summed E-state index contributed by atoms with van der Waals surface area (Å²) in [4.78, 5) is 3.58. The Kier molecular flexibility index (Phi) is 6.04. The van der Waals surface area contributed by atoms with Gasteiger partial charge < -0.3 is 9.45 Å². The van der Waals surface area contributed by atoms with Crippen LogP contribution in [0.5, 0.6) is 0 Å². The molecule has 28 heavy (non-hydrogen) atoms. The van der Waals surface area contributed by atoms with E-state index in [1.165, 1.54) is 32.2 Å². The quantitative estimate of drug-likeness (QED) is 0.363. The van der Waals surface area contributed by atoms with Crippen LogP contribution in [-0.4, -0.2) is 27.1 Å². The van der Waals surface area contributed by atoms with E-state index in [0.717, 1.165) is 7.11 Å². The Morgan fingerprint density at radius 3 is 2.39 bits per heavy atom. The van der Waals surface area contributed by atoms with Gasteiger partial charge in [0.25, 0.3) is 0 Å². The van der Waals surface area contributed by atoms with Gasteiger partial charge in [-0.1, -0.05) is 36.0 Å². The molecule has 0 bridgehead atoms. The highest BCUT2D eigenvalue weighted by atomic mass is 32.3. The number of aromatic nitrogens is 1. The van der Waals surface area contributed by atoms with Crippen molar-refractivity contribution in [3.63, 3.8) is 0 Å². The van der Waals surface area contributed by atoms with E-state index in [0.29, 0.717) is 0 Å². The van der Waals surface area contributed by atoms with Gasteiger partial charge in [-0.15, -0.1) is 0 Å². The maximum absolute atomic E-state index is 9.22. The van der Waals surface area contributed by atoms with Crippen LogP contribution in [0, 0.1) is 0 Å². The normalized spacial score (nSPS) is 14.7. The van der Waals surface area contributed by atoms with Gasteiger partial charge in [0.05, 0.1) is 17.8 Å². The molecule has 146 valence electrons. The molecule has 1 aromatic heterocycles. The number of thioether (sulfide) groups is 1. The van der Waals surface area contributed by atoms with E-state index < -0.39 is 10.4 Å². The first kappa shape index (κ1) is 20.3. The number of hydrogen-bond acceptors (Lipinski definition) is 6. The lowest BCUT2D eigenvalue weighted by molar-refractivity contribution is -0.646. The number of aryl methyl sites for hydroxylation is 1. The smallest absolute Gasteiger partial charge is 0.217 e. The zero-order valence-corrected chi connectivity index (χ0v) is 17.3. The minimum Gasteiger partial charge on any atom is -0.726 e. The fourth-order valence-electron chi connectivity index (χ4n) is 2.88. The molecule has 0 spiro atoms. The third-order valence-corrected chi connectivity index (χ3v) is 5.94. The van der Waals surface area contributed by atoms with E-state index in [9.17, 15) is 13.0 Å². The Morgan fingerprint density at radius 1 is 1.07 bits per heavy atom. The fourth-order valence-corrected chi connectivity index (χ4v) is 3.97. The molecule has 0 N–H and O–H groups in total. The summed E-state index contributed by atoms with van der Waals surface area (Å²) in [5.41, 5.74) is 3.74. The summed E-state index contributed by atoms with van der Waals surface area (Å²) in [6.45, 7) is 0. The number of pyridine rings is 1. The Labute approximate surface area is 169 Å². The van der Waals surface area contributed by atoms with E-state index in [2.05, 4.69) is 94.5 Å². The van der Waals surface area contributed by atoms with Gasteiger partial charge in [-0.3, -0.25) is 4.18 Å². The summed E-state index contributed by atoms with van der Waals surface area (Å²) in [5.74, 6) is 0.